The molecular weight excluding hydrogens is 208 g/mol. The first-order chi connectivity index (χ1) is 7.18. The van der Waals surface area contributed by atoms with E-state index in [1.807, 2.05) is 18.2 Å². The second-order valence-corrected chi connectivity index (χ2v) is 4.51. The van der Waals surface area contributed by atoms with Gasteiger partial charge in [-0.25, -0.2) is 0 Å². The summed E-state index contributed by atoms with van der Waals surface area (Å²) in [6.45, 7) is 2.23. The molecule has 0 aliphatic heterocycles. The number of rotatable bonds is 2. The van der Waals surface area contributed by atoms with E-state index in [1.165, 1.54) is 12.8 Å². The number of hydrogen-bond acceptors (Lipinski definition) is 2. The van der Waals surface area contributed by atoms with Crippen molar-refractivity contribution in [1.82, 2.24) is 0 Å². The first-order valence-corrected chi connectivity index (χ1v) is 5.70. The Kier molecular flexibility index (Phi) is 3.06. The lowest BCUT2D eigenvalue weighted by Gasteiger charge is -2.19. The van der Waals surface area contributed by atoms with Gasteiger partial charge in [0.05, 0.1) is 16.4 Å². The second kappa shape index (κ2) is 4.31. The van der Waals surface area contributed by atoms with Crippen LogP contribution in [0.1, 0.15) is 19.8 Å². The summed E-state index contributed by atoms with van der Waals surface area (Å²) in [5.74, 6) is 0.600. The van der Waals surface area contributed by atoms with E-state index < -0.39 is 0 Å². The largest absolute Gasteiger partial charge is 0.397 e. The molecule has 1 aromatic carbocycles. The number of benzene rings is 1. The molecule has 0 bridgehead atoms. The number of hydrogen-bond donors (Lipinski definition) is 2. The van der Waals surface area contributed by atoms with Crippen LogP contribution in [0.2, 0.25) is 5.02 Å². The molecule has 1 fully saturated rings. The van der Waals surface area contributed by atoms with Crippen LogP contribution in [0.25, 0.3) is 0 Å². The molecule has 3 N–H and O–H groups in total. The van der Waals surface area contributed by atoms with E-state index in [1.54, 1.807) is 0 Å². The maximum atomic E-state index is 6.12. The first kappa shape index (κ1) is 10.6. The van der Waals surface area contributed by atoms with E-state index in [0.717, 1.165) is 5.69 Å². The minimum atomic E-state index is 0.490. The van der Waals surface area contributed by atoms with Gasteiger partial charge in [0, 0.05) is 6.04 Å². The summed E-state index contributed by atoms with van der Waals surface area (Å²) in [6.07, 6.45) is 4.70. The van der Waals surface area contributed by atoms with Crippen LogP contribution >= 0.6 is 11.6 Å². The Morgan fingerprint density at radius 1 is 1.47 bits per heavy atom. The summed E-state index contributed by atoms with van der Waals surface area (Å²) in [7, 11) is 0. The van der Waals surface area contributed by atoms with Gasteiger partial charge in [0.25, 0.3) is 0 Å². The lowest BCUT2D eigenvalue weighted by Crippen LogP contribution is -2.22. The predicted octanol–water partition coefficient (Wildman–Crippen LogP) is 3.34. The van der Waals surface area contributed by atoms with Gasteiger partial charge in [-0.15, -0.1) is 0 Å². The fourth-order valence-electron chi connectivity index (χ4n) is 2.03. The maximum Gasteiger partial charge on any atom is 0.0866 e. The third-order valence-corrected chi connectivity index (χ3v) is 3.44. The van der Waals surface area contributed by atoms with Gasteiger partial charge in [0.15, 0.2) is 0 Å². The quantitative estimate of drug-likeness (QED) is 0.755. The summed E-state index contributed by atoms with van der Waals surface area (Å²) in [6, 6.07) is 6.21. The molecule has 1 saturated carbocycles. The Balaban J connectivity index is 2.13. The minimum absolute atomic E-state index is 0.490. The molecule has 0 spiro atoms. The van der Waals surface area contributed by atoms with Gasteiger partial charge in [0.2, 0.25) is 0 Å². The summed E-state index contributed by atoms with van der Waals surface area (Å²) in [4.78, 5) is 0. The highest BCUT2D eigenvalue weighted by Gasteiger charge is 2.23. The SMILES string of the molecule is CC1[CH]CCC1Nc1cccc(N)c1Cl. The molecule has 0 saturated heterocycles. The molecule has 81 valence electrons. The number of nitrogens with one attached hydrogen (secondary N) is 1. The lowest BCUT2D eigenvalue weighted by atomic mass is 10.1. The van der Waals surface area contributed by atoms with Crippen molar-refractivity contribution < 1.29 is 0 Å². The molecule has 2 unspecified atom stereocenters. The highest BCUT2D eigenvalue weighted by atomic mass is 35.5. The summed E-state index contributed by atoms with van der Waals surface area (Å²) in [5.41, 5.74) is 7.33. The van der Waals surface area contributed by atoms with Crippen molar-refractivity contribution in [2.75, 3.05) is 11.1 Å². The first-order valence-electron chi connectivity index (χ1n) is 5.32. The van der Waals surface area contributed by atoms with Crippen LogP contribution in [0.5, 0.6) is 0 Å². The molecule has 1 radical (unpaired) electrons. The Hall–Kier alpha value is -0.890. The number of nitrogens with two attached hydrogens (primary N) is 1. The van der Waals surface area contributed by atoms with Crippen molar-refractivity contribution in [3.05, 3.63) is 29.6 Å². The van der Waals surface area contributed by atoms with E-state index in [2.05, 4.69) is 18.7 Å². The summed E-state index contributed by atoms with van der Waals surface area (Å²) in [5, 5.41) is 4.09. The molecule has 1 aromatic rings. The van der Waals surface area contributed by atoms with Crippen LogP contribution in [-0.2, 0) is 0 Å². The average molecular weight is 224 g/mol. The van der Waals surface area contributed by atoms with Crippen molar-refractivity contribution in [2.24, 2.45) is 5.92 Å². The third-order valence-electron chi connectivity index (χ3n) is 3.02. The molecule has 2 nitrogen and oxygen atoms in total. The van der Waals surface area contributed by atoms with Crippen LogP contribution in [-0.4, -0.2) is 6.04 Å². The van der Waals surface area contributed by atoms with Crippen molar-refractivity contribution in [1.29, 1.82) is 0 Å². The zero-order chi connectivity index (χ0) is 10.8. The van der Waals surface area contributed by atoms with Crippen molar-refractivity contribution in [2.45, 2.75) is 25.8 Å². The number of anilines is 2. The molecule has 0 aromatic heterocycles. The van der Waals surface area contributed by atoms with Gasteiger partial charge < -0.3 is 11.1 Å². The van der Waals surface area contributed by atoms with Crippen molar-refractivity contribution in [3.8, 4) is 0 Å². The number of nitrogen functional groups attached to an aromatic ring is 1. The van der Waals surface area contributed by atoms with Crippen molar-refractivity contribution in [3.63, 3.8) is 0 Å². The second-order valence-electron chi connectivity index (χ2n) is 4.13. The van der Waals surface area contributed by atoms with Gasteiger partial charge in [-0.3, -0.25) is 0 Å². The Labute approximate surface area is 95.8 Å². The highest BCUT2D eigenvalue weighted by Crippen LogP contribution is 2.32. The standard InChI is InChI=1S/C12H16ClN2/c1-8-4-2-6-10(8)15-11-7-3-5-9(14)12(11)13/h3-5,7-8,10,15H,2,6,14H2,1H3. The molecule has 0 amide bonds. The van der Waals surface area contributed by atoms with Gasteiger partial charge in [-0.05, 0) is 37.3 Å². The molecule has 3 heteroatoms. The lowest BCUT2D eigenvalue weighted by molar-refractivity contribution is 0.610. The van der Waals surface area contributed by atoms with E-state index in [0.29, 0.717) is 22.7 Å². The minimum Gasteiger partial charge on any atom is -0.397 e. The normalized spacial score (nSPS) is 25.5. The average Bonchev–Trinajstić information content (AvgIpc) is 2.60. The highest BCUT2D eigenvalue weighted by molar-refractivity contribution is 6.35. The van der Waals surface area contributed by atoms with Gasteiger partial charge in [-0.1, -0.05) is 24.6 Å². The van der Waals surface area contributed by atoms with E-state index in [-0.39, 0.29) is 0 Å². The van der Waals surface area contributed by atoms with E-state index >= 15 is 0 Å². The molecule has 1 aliphatic carbocycles. The smallest absolute Gasteiger partial charge is 0.0866 e. The Morgan fingerprint density at radius 2 is 2.27 bits per heavy atom. The molecule has 2 rings (SSSR count). The zero-order valence-electron chi connectivity index (χ0n) is 8.83. The Bertz CT molecular complexity index is 351. The molecule has 0 heterocycles. The predicted molar refractivity (Wildman–Crippen MR) is 66.0 cm³/mol. The van der Waals surface area contributed by atoms with Gasteiger partial charge >= 0.3 is 0 Å². The van der Waals surface area contributed by atoms with Crippen LogP contribution in [0, 0.1) is 12.3 Å². The maximum absolute atomic E-state index is 6.12. The van der Waals surface area contributed by atoms with Crippen LogP contribution < -0.4 is 11.1 Å². The van der Waals surface area contributed by atoms with Gasteiger partial charge in [0.1, 0.15) is 0 Å². The fourth-order valence-corrected chi connectivity index (χ4v) is 2.21. The monoisotopic (exact) mass is 223 g/mol. The van der Waals surface area contributed by atoms with Crippen LogP contribution in [0.4, 0.5) is 11.4 Å². The Morgan fingerprint density at radius 3 is 2.93 bits per heavy atom. The molecule has 1 aliphatic rings. The third kappa shape index (κ3) is 2.20. The number of halogens is 1. The zero-order valence-corrected chi connectivity index (χ0v) is 9.59. The summed E-state index contributed by atoms with van der Waals surface area (Å²) < 4.78 is 0. The van der Waals surface area contributed by atoms with Crippen molar-refractivity contribution >= 4 is 23.0 Å². The molecule has 2 atom stereocenters. The summed E-state index contributed by atoms with van der Waals surface area (Å²) >= 11 is 6.12. The molecule has 15 heavy (non-hydrogen) atoms. The van der Waals surface area contributed by atoms with Crippen LogP contribution in [0.15, 0.2) is 18.2 Å². The van der Waals surface area contributed by atoms with E-state index in [4.69, 9.17) is 17.3 Å². The van der Waals surface area contributed by atoms with E-state index in [9.17, 15) is 0 Å². The molecular formula is C12H16ClN2. The fraction of sp³-hybridized carbons (Fsp3) is 0.417. The van der Waals surface area contributed by atoms with Crippen LogP contribution in [0.3, 0.4) is 0 Å². The topological polar surface area (TPSA) is 38.0 Å². The van der Waals surface area contributed by atoms with Gasteiger partial charge in [-0.2, -0.15) is 0 Å².